The van der Waals surface area contributed by atoms with Gasteiger partial charge in [-0.3, -0.25) is 4.68 Å². The van der Waals surface area contributed by atoms with Gasteiger partial charge in [-0.05, 0) is 39.0 Å². The Hall–Kier alpha value is -3.01. The van der Waals surface area contributed by atoms with Gasteiger partial charge in [0.2, 0.25) is 0 Å². The molecule has 1 amide bonds. The summed E-state index contributed by atoms with van der Waals surface area (Å²) in [6.45, 7) is 6.66. The highest BCUT2D eigenvalue weighted by Crippen LogP contribution is 2.30. The van der Waals surface area contributed by atoms with Crippen LogP contribution in [0, 0.1) is 11.3 Å². The Morgan fingerprint density at radius 2 is 2.08 bits per heavy atom. The lowest BCUT2D eigenvalue weighted by atomic mass is 10.0. The molecule has 0 aliphatic carbocycles. The van der Waals surface area contributed by atoms with Crippen molar-refractivity contribution in [1.82, 2.24) is 14.7 Å². The Morgan fingerprint density at radius 3 is 2.69 bits per heavy atom. The Labute approximate surface area is 152 Å². The van der Waals surface area contributed by atoms with E-state index in [0.717, 1.165) is 11.1 Å². The zero-order chi connectivity index (χ0) is 18.9. The smallest absolute Gasteiger partial charge is 0.410 e. The maximum absolute atomic E-state index is 12.0. The van der Waals surface area contributed by atoms with Crippen LogP contribution in [0.3, 0.4) is 0 Å². The van der Waals surface area contributed by atoms with Gasteiger partial charge >= 0.3 is 6.09 Å². The second-order valence-corrected chi connectivity index (χ2v) is 7.27. The molecule has 0 atom stereocenters. The highest BCUT2D eigenvalue weighted by atomic mass is 16.6. The summed E-state index contributed by atoms with van der Waals surface area (Å²) in [5.41, 5.74) is 1.69. The molecule has 0 unspecified atom stereocenters. The molecule has 26 heavy (non-hydrogen) atoms. The number of nitrogens with zero attached hydrogens (tertiary/aromatic N) is 4. The van der Waals surface area contributed by atoms with Gasteiger partial charge in [0, 0.05) is 30.4 Å². The van der Waals surface area contributed by atoms with E-state index in [2.05, 4.69) is 11.2 Å². The van der Waals surface area contributed by atoms with Crippen LogP contribution in [0.4, 0.5) is 4.79 Å². The van der Waals surface area contributed by atoms with E-state index in [0.29, 0.717) is 24.4 Å². The van der Waals surface area contributed by atoms with Crippen LogP contribution in [0.1, 0.15) is 32.4 Å². The fourth-order valence-electron chi connectivity index (χ4n) is 2.76. The maximum Gasteiger partial charge on any atom is 0.410 e. The summed E-state index contributed by atoms with van der Waals surface area (Å²) in [6.07, 6.45) is 3.32. The Kier molecular flexibility index (Phi) is 4.60. The minimum absolute atomic E-state index is 0.104. The first-order valence-corrected chi connectivity index (χ1v) is 8.41. The third-order valence-corrected chi connectivity index (χ3v) is 4.15. The van der Waals surface area contributed by atoms with E-state index in [1.165, 1.54) is 0 Å². The average Bonchev–Trinajstić information content (AvgIpc) is 3.00. The summed E-state index contributed by atoms with van der Waals surface area (Å²) in [4.78, 5) is 13.7. The van der Waals surface area contributed by atoms with E-state index in [1.54, 1.807) is 30.3 Å². The maximum atomic E-state index is 12.0. The fourth-order valence-corrected chi connectivity index (χ4v) is 2.76. The molecule has 1 fully saturated rings. The first-order valence-electron chi connectivity index (χ1n) is 8.41. The van der Waals surface area contributed by atoms with Crippen LogP contribution in [0.15, 0.2) is 30.6 Å². The molecule has 0 saturated carbocycles. The van der Waals surface area contributed by atoms with Gasteiger partial charge in [-0.15, -0.1) is 0 Å². The van der Waals surface area contributed by atoms with E-state index >= 15 is 0 Å². The molecule has 7 heteroatoms. The summed E-state index contributed by atoms with van der Waals surface area (Å²) < 4.78 is 12.4. The first-order chi connectivity index (χ1) is 12.3. The van der Waals surface area contributed by atoms with Crippen molar-refractivity contribution in [2.24, 2.45) is 0 Å². The van der Waals surface area contributed by atoms with E-state index in [4.69, 9.17) is 9.47 Å². The van der Waals surface area contributed by atoms with E-state index < -0.39 is 5.60 Å². The van der Waals surface area contributed by atoms with E-state index in [-0.39, 0.29) is 12.1 Å². The number of ether oxygens (including phenoxy) is 2. The standard InChI is InChI=1S/C19H22N4O3/c1-19(2,3)26-18(24)22-11-15(12-22)23-10-14(9-21-23)17-7-16(25-4)6-5-13(17)8-20/h5-7,9-10,15H,11-12H2,1-4H3. The van der Waals surface area contributed by atoms with E-state index in [9.17, 15) is 10.1 Å². The lowest BCUT2D eigenvalue weighted by Crippen LogP contribution is -2.52. The van der Waals surface area contributed by atoms with E-state index in [1.807, 2.05) is 37.7 Å². The van der Waals surface area contributed by atoms with Gasteiger partial charge in [-0.1, -0.05) is 0 Å². The molecule has 1 aromatic heterocycles. The number of rotatable bonds is 3. The number of carbonyl (C=O) groups is 1. The van der Waals surface area contributed by atoms with Crippen molar-refractivity contribution in [2.45, 2.75) is 32.4 Å². The molecule has 0 spiro atoms. The fraction of sp³-hybridized carbons (Fsp3) is 0.421. The van der Waals surface area contributed by atoms with Crippen molar-refractivity contribution in [3.63, 3.8) is 0 Å². The molecule has 0 N–H and O–H groups in total. The minimum atomic E-state index is -0.499. The second-order valence-electron chi connectivity index (χ2n) is 7.27. The molecule has 1 aliphatic rings. The molecular formula is C19H22N4O3. The van der Waals surface area contributed by atoms with Gasteiger partial charge in [-0.2, -0.15) is 10.4 Å². The summed E-state index contributed by atoms with van der Waals surface area (Å²) in [7, 11) is 1.59. The molecule has 3 rings (SSSR count). The summed E-state index contributed by atoms with van der Waals surface area (Å²) in [6, 6.07) is 7.62. The SMILES string of the molecule is COc1ccc(C#N)c(-c2cnn(C3CN(C(=O)OC(C)(C)C)C3)c2)c1. The quantitative estimate of drug-likeness (QED) is 0.845. The van der Waals surface area contributed by atoms with Crippen molar-refractivity contribution in [1.29, 1.82) is 5.26 Å². The van der Waals surface area contributed by atoms with Gasteiger partial charge in [0.15, 0.2) is 0 Å². The number of hydrogen-bond acceptors (Lipinski definition) is 5. The number of likely N-dealkylation sites (tertiary alicyclic amines) is 1. The lowest BCUT2D eigenvalue weighted by molar-refractivity contribution is -0.000381. The van der Waals surface area contributed by atoms with Gasteiger partial charge in [0.05, 0.1) is 31.0 Å². The van der Waals surface area contributed by atoms with Gasteiger partial charge in [0.1, 0.15) is 11.4 Å². The first kappa shape index (κ1) is 17.8. The highest BCUT2D eigenvalue weighted by molar-refractivity contribution is 5.71. The largest absolute Gasteiger partial charge is 0.497 e. The van der Waals surface area contributed by atoms with Crippen molar-refractivity contribution in [3.05, 3.63) is 36.2 Å². The molecular weight excluding hydrogens is 332 g/mol. The molecule has 136 valence electrons. The predicted molar refractivity (Wildman–Crippen MR) is 95.8 cm³/mol. The number of aromatic nitrogens is 2. The number of methoxy groups -OCH3 is 1. The van der Waals surface area contributed by atoms with Crippen LogP contribution < -0.4 is 4.74 Å². The molecule has 0 bridgehead atoms. The number of carbonyl (C=O) groups excluding carboxylic acids is 1. The number of amides is 1. The average molecular weight is 354 g/mol. The zero-order valence-electron chi connectivity index (χ0n) is 15.4. The van der Waals surface area contributed by atoms with Gasteiger partial charge in [-0.25, -0.2) is 4.79 Å². The van der Waals surface area contributed by atoms with Gasteiger partial charge < -0.3 is 14.4 Å². The predicted octanol–water partition coefficient (Wildman–Crippen LogP) is 3.22. The van der Waals surface area contributed by atoms with Crippen molar-refractivity contribution in [3.8, 4) is 22.9 Å². The molecule has 7 nitrogen and oxygen atoms in total. The summed E-state index contributed by atoms with van der Waals surface area (Å²) >= 11 is 0. The van der Waals surface area contributed by atoms with Crippen LogP contribution in [0.5, 0.6) is 5.75 Å². The molecule has 1 aromatic carbocycles. The van der Waals surface area contributed by atoms with Crippen LogP contribution in [0.25, 0.3) is 11.1 Å². The summed E-state index contributed by atoms with van der Waals surface area (Å²) in [5.74, 6) is 0.687. The molecule has 2 heterocycles. The highest BCUT2D eigenvalue weighted by Gasteiger charge is 2.35. The third-order valence-electron chi connectivity index (χ3n) is 4.15. The van der Waals surface area contributed by atoms with Crippen LogP contribution in [0.2, 0.25) is 0 Å². The Balaban J connectivity index is 1.71. The Bertz CT molecular complexity index is 854. The van der Waals surface area contributed by atoms with Crippen LogP contribution >= 0.6 is 0 Å². The minimum Gasteiger partial charge on any atom is -0.497 e. The van der Waals surface area contributed by atoms with Gasteiger partial charge in [0.25, 0.3) is 0 Å². The van der Waals surface area contributed by atoms with Crippen LogP contribution in [-0.2, 0) is 4.74 Å². The lowest BCUT2D eigenvalue weighted by Gasteiger charge is -2.39. The summed E-state index contributed by atoms with van der Waals surface area (Å²) in [5, 5.41) is 13.7. The third kappa shape index (κ3) is 3.64. The molecule has 0 radical (unpaired) electrons. The van der Waals surface area contributed by atoms with Crippen molar-refractivity contribution >= 4 is 6.09 Å². The Morgan fingerprint density at radius 1 is 1.35 bits per heavy atom. The zero-order valence-corrected chi connectivity index (χ0v) is 15.4. The molecule has 1 saturated heterocycles. The number of nitriles is 1. The van der Waals surface area contributed by atoms with Crippen LogP contribution in [-0.4, -0.2) is 46.6 Å². The number of benzene rings is 1. The normalized spacial score (nSPS) is 14.5. The van der Waals surface area contributed by atoms with Crippen molar-refractivity contribution in [2.75, 3.05) is 20.2 Å². The number of hydrogen-bond donors (Lipinski definition) is 0. The molecule has 1 aliphatic heterocycles. The second kappa shape index (κ2) is 6.71. The van der Waals surface area contributed by atoms with Crippen molar-refractivity contribution < 1.29 is 14.3 Å². The topological polar surface area (TPSA) is 80.4 Å². The monoisotopic (exact) mass is 354 g/mol. The molecule has 2 aromatic rings.